The minimum Gasteiger partial charge on any atom is -0.507 e. The highest BCUT2D eigenvalue weighted by Crippen LogP contribution is 2.35. The summed E-state index contributed by atoms with van der Waals surface area (Å²) in [6.45, 7) is 1.16. The smallest absolute Gasteiger partial charge is 0.258 e. The fourth-order valence-electron chi connectivity index (χ4n) is 4.21. The van der Waals surface area contributed by atoms with Crippen LogP contribution in [0.1, 0.15) is 27.9 Å². The average molecular weight is 437 g/mol. The summed E-state index contributed by atoms with van der Waals surface area (Å²) in [5, 5.41) is 10.5. The van der Waals surface area contributed by atoms with Crippen LogP contribution in [-0.2, 0) is 13.0 Å². The molecule has 5 rings (SSSR count). The number of hydrogen-bond donors (Lipinski definition) is 1. The van der Waals surface area contributed by atoms with Crippen LogP contribution in [0.25, 0.3) is 11.1 Å². The molecule has 33 heavy (non-hydrogen) atoms. The standard InChI is InChI=1S/C28H24N2O3/c31-26-18-22(21-12-14-29-15-13-21)17-23-19-30(28(32)27(23)26)16-4-5-20-8-10-25(11-9-20)33-24-6-2-1-3-7-24/h1-3,6-15,17-18,31H,4-5,16,19H2. The van der Waals surface area contributed by atoms with Crippen LogP contribution in [0.5, 0.6) is 17.2 Å². The third-order valence-electron chi connectivity index (χ3n) is 5.87. The molecule has 0 saturated heterocycles. The molecule has 1 aliphatic heterocycles. The minimum absolute atomic E-state index is 0.0424. The van der Waals surface area contributed by atoms with E-state index in [1.807, 2.05) is 65.6 Å². The largest absolute Gasteiger partial charge is 0.507 e. The predicted octanol–water partition coefficient (Wildman–Crippen LogP) is 5.84. The summed E-state index contributed by atoms with van der Waals surface area (Å²) in [4.78, 5) is 18.7. The van der Waals surface area contributed by atoms with Crippen molar-refractivity contribution in [1.82, 2.24) is 9.88 Å². The molecule has 0 bridgehead atoms. The van der Waals surface area contributed by atoms with Gasteiger partial charge in [-0.3, -0.25) is 9.78 Å². The summed E-state index contributed by atoms with van der Waals surface area (Å²) in [6, 6.07) is 25.2. The van der Waals surface area contributed by atoms with Crippen LogP contribution in [0.15, 0.2) is 91.3 Å². The number of aromatic nitrogens is 1. The van der Waals surface area contributed by atoms with E-state index in [1.54, 1.807) is 18.5 Å². The summed E-state index contributed by atoms with van der Waals surface area (Å²) >= 11 is 0. The molecule has 5 heteroatoms. The highest BCUT2D eigenvalue weighted by atomic mass is 16.5. The van der Waals surface area contributed by atoms with Gasteiger partial charge in [0.25, 0.3) is 5.91 Å². The molecule has 0 radical (unpaired) electrons. The Labute approximate surface area is 192 Å². The normalized spacial score (nSPS) is 12.6. The number of aromatic hydroxyl groups is 1. The second-order valence-corrected chi connectivity index (χ2v) is 8.15. The monoisotopic (exact) mass is 436 g/mol. The number of ether oxygens (including phenoxy) is 1. The number of amides is 1. The van der Waals surface area contributed by atoms with Crippen LogP contribution in [0.3, 0.4) is 0 Å². The molecule has 2 heterocycles. The zero-order valence-electron chi connectivity index (χ0n) is 18.1. The molecule has 1 aromatic heterocycles. The number of hydrogen-bond acceptors (Lipinski definition) is 4. The van der Waals surface area contributed by atoms with Gasteiger partial charge in [0.15, 0.2) is 0 Å². The van der Waals surface area contributed by atoms with Gasteiger partial charge in [0, 0.05) is 25.5 Å². The number of benzene rings is 3. The van der Waals surface area contributed by atoms with Crippen LogP contribution >= 0.6 is 0 Å². The topological polar surface area (TPSA) is 62.7 Å². The molecule has 0 atom stereocenters. The molecule has 0 saturated carbocycles. The Morgan fingerprint density at radius 3 is 2.36 bits per heavy atom. The first-order valence-corrected chi connectivity index (χ1v) is 11.0. The van der Waals surface area contributed by atoms with Crippen molar-refractivity contribution < 1.29 is 14.6 Å². The molecule has 0 aliphatic carbocycles. The molecule has 0 fully saturated rings. The molecule has 4 aromatic rings. The number of carbonyl (C=O) groups is 1. The lowest BCUT2D eigenvalue weighted by Gasteiger charge is -2.15. The zero-order chi connectivity index (χ0) is 22.6. The van der Waals surface area contributed by atoms with Crippen molar-refractivity contribution in [2.45, 2.75) is 19.4 Å². The van der Waals surface area contributed by atoms with Crippen molar-refractivity contribution in [3.63, 3.8) is 0 Å². The van der Waals surface area contributed by atoms with Gasteiger partial charge in [-0.2, -0.15) is 0 Å². The van der Waals surface area contributed by atoms with Gasteiger partial charge in [-0.05, 0) is 83.6 Å². The fraction of sp³-hybridized carbons (Fsp3) is 0.143. The van der Waals surface area contributed by atoms with E-state index in [0.29, 0.717) is 18.7 Å². The highest BCUT2D eigenvalue weighted by molar-refractivity contribution is 6.01. The lowest BCUT2D eigenvalue weighted by atomic mass is 10.0. The summed E-state index contributed by atoms with van der Waals surface area (Å²) in [5.74, 6) is 1.56. The Bertz CT molecular complexity index is 1260. The SMILES string of the molecule is O=C1c2c(O)cc(-c3ccncc3)cc2CN1CCCc1ccc(Oc2ccccc2)cc1. The highest BCUT2D eigenvalue weighted by Gasteiger charge is 2.30. The quantitative estimate of drug-likeness (QED) is 0.396. The van der Waals surface area contributed by atoms with Crippen LogP contribution < -0.4 is 4.74 Å². The van der Waals surface area contributed by atoms with Gasteiger partial charge in [0.1, 0.15) is 17.2 Å². The van der Waals surface area contributed by atoms with E-state index in [2.05, 4.69) is 17.1 Å². The predicted molar refractivity (Wildman–Crippen MR) is 127 cm³/mol. The number of nitrogens with zero attached hydrogens (tertiary/aromatic N) is 2. The molecule has 0 unspecified atom stereocenters. The van der Waals surface area contributed by atoms with Crippen molar-refractivity contribution >= 4 is 5.91 Å². The summed E-state index contributed by atoms with van der Waals surface area (Å²) in [7, 11) is 0. The fourth-order valence-corrected chi connectivity index (χ4v) is 4.21. The van der Waals surface area contributed by atoms with E-state index < -0.39 is 0 Å². The molecular weight excluding hydrogens is 412 g/mol. The second-order valence-electron chi connectivity index (χ2n) is 8.15. The van der Waals surface area contributed by atoms with Gasteiger partial charge in [-0.25, -0.2) is 0 Å². The van der Waals surface area contributed by atoms with Crippen LogP contribution in [0.2, 0.25) is 0 Å². The lowest BCUT2D eigenvalue weighted by molar-refractivity contribution is 0.0774. The zero-order valence-corrected chi connectivity index (χ0v) is 18.1. The molecule has 5 nitrogen and oxygen atoms in total. The van der Waals surface area contributed by atoms with Crippen molar-refractivity contribution in [2.75, 3.05) is 6.54 Å². The first-order chi connectivity index (χ1) is 16.2. The summed E-state index contributed by atoms with van der Waals surface area (Å²) in [5.41, 5.74) is 4.35. The van der Waals surface area contributed by atoms with Crippen LogP contribution in [0, 0.1) is 0 Å². The second kappa shape index (κ2) is 9.17. The number of para-hydroxylation sites is 1. The number of aryl methyl sites for hydroxylation is 1. The summed E-state index contributed by atoms with van der Waals surface area (Å²) < 4.78 is 5.84. The van der Waals surface area contributed by atoms with Crippen molar-refractivity contribution in [1.29, 1.82) is 0 Å². The Morgan fingerprint density at radius 1 is 0.879 bits per heavy atom. The molecule has 3 aromatic carbocycles. The number of pyridine rings is 1. The number of phenolic OH excluding ortho intramolecular Hbond substituents is 1. The lowest BCUT2D eigenvalue weighted by Crippen LogP contribution is -2.25. The Kier molecular flexibility index (Phi) is 5.77. The first kappa shape index (κ1) is 20.8. The molecule has 0 spiro atoms. The molecule has 1 N–H and O–H groups in total. The van der Waals surface area contributed by atoms with E-state index >= 15 is 0 Å². The number of carbonyl (C=O) groups excluding carboxylic acids is 1. The van der Waals surface area contributed by atoms with E-state index in [4.69, 9.17) is 4.74 Å². The number of fused-ring (bicyclic) bond motifs is 1. The van der Waals surface area contributed by atoms with Crippen molar-refractivity contribution in [3.05, 3.63) is 108 Å². The van der Waals surface area contributed by atoms with Gasteiger partial charge in [-0.15, -0.1) is 0 Å². The molecule has 1 amide bonds. The molecular formula is C28H24N2O3. The molecule has 1 aliphatic rings. The summed E-state index contributed by atoms with van der Waals surface area (Å²) in [6.07, 6.45) is 5.14. The Morgan fingerprint density at radius 2 is 1.61 bits per heavy atom. The molecule has 164 valence electrons. The maximum atomic E-state index is 12.9. The maximum absolute atomic E-state index is 12.9. The van der Waals surface area contributed by atoms with E-state index in [-0.39, 0.29) is 11.7 Å². The number of rotatable bonds is 7. The van der Waals surface area contributed by atoms with Gasteiger partial charge in [-0.1, -0.05) is 30.3 Å². The Balaban J connectivity index is 1.19. The minimum atomic E-state index is -0.101. The van der Waals surface area contributed by atoms with Crippen molar-refractivity contribution in [2.24, 2.45) is 0 Å². The van der Waals surface area contributed by atoms with Gasteiger partial charge in [0.2, 0.25) is 0 Å². The van der Waals surface area contributed by atoms with Crippen LogP contribution in [-0.4, -0.2) is 27.4 Å². The third-order valence-corrected chi connectivity index (χ3v) is 5.87. The van der Waals surface area contributed by atoms with E-state index in [9.17, 15) is 9.90 Å². The first-order valence-electron chi connectivity index (χ1n) is 11.0. The average Bonchev–Trinajstić information content (AvgIpc) is 3.17. The van der Waals surface area contributed by atoms with Crippen molar-refractivity contribution in [3.8, 4) is 28.4 Å². The maximum Gasteiger partial charge on any atom is 0.258 e. The van der Waals surface area contributed by atoms with E-state index in [1.165, 1.54) is 5.56 Å². The van der Waals surface area contributed by atoms with Gasteiger partial charge >= 0.3 is 0 Å². The van der Waals surface area contributed by atoms with E-state index in [0.717, 1.165) is 41.0 Å². The number of phenols is 1. The van der Waals surface area contributed by atoms with Gasteiger partial charge < -0.3 is 14.7 Å². The Hall–Kier alpha value is -4.12. The van der Waals surface area contributed by atoms with Crippen LogP contribution in [0.4, 0.5) is 0 Å². The van der Waals surface area contributed by atoms with Gasteiger partial charge in [0.05, 0.1) is 5.56 Å². The third kappa shape index (κ3) is 4.58.